The summed E-state index contributed by atoms with van der Waals surface area (Å²) in [4.78, 5) is 29.0. The Kier molecular flexibility index (Phi) is 4.82. The van der Waals surface area contributed by atoms with Crippen molar-refractivity contribution in [3.05, 3.63) is 62.1 Å². The number of carbonyl (C=O) groups is 1. The highest BCUT2D eigenvalue weighted by Crippen LogP contribution is 2.20. The number of carbonyl (C=O) groups excluding carboxylic acids is 1. The predicted octanol–water partition coefficient (Wildman–Crippen LogP) is 1.92. The van der Waals surface area contributed by atoms with E-state index in [-0.39, 0.29) is 17.9 Å². The van der Waals surface area contributed by atoms with E-state index in [1.165, 1.54) is 0 Å². The van der Waals surface area contributed by atoms with Crippen LogP contribution in [-0.4, -0.2) is 20.7 Å². The van der Waals surface area contributed by atoms with Gasteiger partial charge in [0, 0.05) is 19.3 Å². The number of hydrogen-bond donors (Lipinski definition) is 2. The SMILES string of the molecule is Cc1ccc(CNC(=O)Cc2c(C)nc3c(c2C)c(=O)[nH]n3C)cc1C#N. The summed E-state index contributed by atoms with van der Waals surface area (Å²) in [6.07, 6.45) is 0.145. The van der Waals surface area contributed by atoms with Gasteiger partial charge in [0.15, 0.2) is 5.65 Å². The molecule has 0 aliphatic rings. The fourth-order valence-electron chi connectivity index (χ4n) is 3.23. The van der Waals surface area contributed by atoms with Gasteiger partial charge in [0.2, 0.25) is 5.91 Å². The van der Waals surface area contributed by atoms with Gasteiger partial charge in [-0.25, -0.2) is 4.98 Å². The Balaban J connectivity index is 1.79. The predicted molar refractivity (Wildman–Crippen MR) is 102 cm³/mol. The van der Waals surface area contributed by atoms with Gasteiger partial charge in [-0.1, -0.05) is 12.1 Å². The molecule has 2 heterocycles. The Morgan fingerprint density at radius 1 is 1.33 bits per heavy atom. The van der Waals surface area contributed by atoms with Crippen molar-refractivity contribution < 1.29 is 4.79 Å². The molecule has 7 heteroatoms. The van der Waals surface area contributed by atoms with Gasteiger partial charge < -0.3 is 5.32 Å². The van der Waals surface area contributed by atoms with E-state index in [1.54, 1.807) is 17.8 Å². The number of benzene rings is 1. The van der Waals surface area contributed by atoms with Gasteiger partial charge in [0.05, 0.1) is 23.4 Å². The summed E-state index contributed by atoms with van der Waals surface area (Å²) in [5, 5.41) is 15.2. The molecule has 0 aliphatic carbocycles. The normalized spacial score (nSPS) is 10.8. The minimum absolute atomic E-state index is 0.145. The zero-order valence-corrected chi connectivity index (χ0v) is 15.8. The maximum absolute atomic E-state index is 12.4. The van der Waals surface area contributed by atoms with Crippen molar-refractivity contribution in [2.75, 3.05) is 0 Å². The lowest BCUT2D eigenvalue weighted by molar-refractivity contribution is -0.120. The average molecular weight is 363 g/mol. The molecule has 138 valence electrons. The summed E-state index contributed by atoms with van der Waals surface area (Å²) in [5.41, 5.74) is 5.03. The average Bonchev–Trinajstić information content (AvgIpc) is 2.91. The molecule has 0 bridgehead atoms. The summed E-state index contributed by atoms with van der Waals surface area (Å²) in [6.45, 7) is 5.90. The van der Waals surface area contributed by atoms with Gasteiger partial charge in [-0.05, 0) is 49.1 Å². The smallest absolute Gasteiger partial charge is 0.273 e. The Bertz CT molecular complexity index is 1150. The maximum atomic E-state index is 12.4. The molecule has 2 N–H and O–H groups in total. The van der Waals surface area contributed by atoms with Gasteiger partial charge in [0.25, 0.3) is 5.56 Å². The topological polar surface area (TPSA) is 104 Å². The van der Waals surface area contributed by atoms with Crippen molar-refractivity contribution in [2.45, 2.75) is 33.7 Å². The van der Waals surface area contributed by atoms with Crippen molar-refractivity contribution in [3.63, 3.8) is 0 Å². The fraction of sp³-hybridized carbons (Fsp3) is 0.300. The molecule has 0 unspecified atom stereocenters. The maximum Gasteiger partial charge on any atom is 0.273 e. The fourth-order valence-corrected chi connectivity index (χ4v) is 3.23. The first-order valence-corrected chi connectivity index (χ1v) is 8.63. The Hall–Kier alpha value is -3.40. The van der Waals surface area contributed by atoms with Crippen LogP contribution in [0, 0.1) is 32.1 Å². The number of fused-ring (bicyclic) bond motifs is 1. The summed E-state index contributed by atoms with van der Waals surface area (Å²) in [5.74, 6) is -0.159. The Morgan fingerprint density at radius 2 is 2.07 bits per heavy atom. The van der Waals surface area contributed by atoms with Gasteiger partial charge in [-0.2, -0.15) is 5.26 Å². The van der Waals surface area contributed by atoms with Crippen LogP contribution < -0.4 is 10.9 Å². The Morgan fingerprint density at radius 3 is 2.78 bits per heavy atom. The number of nitriles is 1. The standard InChI is InChI=1S/C20H21N5O2/c1-11-5-6-14(7-15(11)9-21)10-22-17(26)8-16-12(2)18-19(23-13(16)3)25(4)24-20(18)27/h5-7H,8,10H2,1-4H3,(H,22,26)(H,24,27). The number of H-pyrrole nitrogens is 1. The van der Waals surface area contributed by atoms with Gasteiger partial charge in [-0.15, -0.1) is 0 Å². The number of hydrogen-bond acceptors (Lipinski definition) is 4. The molecule has 0 spiro atoms. The van der Waals surface area contributed by atoms with Crippen molar-refractivity contribution in [1.82, 2.24) is 20.1 Å². The first-order chi connectivity index (χ1) is 12.8. The van der Waals surface area contributed by atoms with E-state index < -0.39 is 0 Å². The molecule has 1 aromatic carbocycles. The van der Waals surface area contributed by atoms with Gasteiger partial charge in [0.1, 0.15) is 0 Å². The highest BCUT2D eigenvalue weighted by molar-refractivity contribution is 5.84. The molecular formula is C20H21N5O2. The minimum atomic E-state index is -0.206. The molecule has 0 atom stereocenters. The van der Waals surface area contributed by atoms with E-state index in [1.807, 2.05) is 32.9 Å². The number of aromatic amines is 1. The minimum Gasteiger partial charge on any atom is -0.352 e. The molecule has 0 aliphatic heterocycles. The molecule has 0 radical (unpaired) electrons. The highest BCUT2D eigenvalue weighted by atomic mass is 16.1. The van der Waals surface area contributed by atoms with Crippen LogP contribution >= 0.6 is 0 Å². The second-order valence-corrected chi connectivity index (χ2v) is 6.71. The van der Waals surface area contributed by atoms with E-state index in [9.17, 15) is 9.59 Å². The second-order valence-electron chi connectivity index (χ2n) is 6.71. The third-order valence-electron chi connectivity index (χ3n) is 4.83. The molecule has 0 saturated carbocycles. The van der Waals surface area contributed by atoms with E-state index in [2.05, 4.69) is 21.5 Å². The molecule has 0 fully saturated rings. The van der Waals surface area contributed by atoms with Gasteiger partial charge >= 0.3 is 0 Å². The van der Waals surface area contributed by atoms with Crippen LogP contribution in [0.2, 0.25) is 0 Å². The monoisotopic (exact) mass is 363 g/mol. The molecule has 1 amide bonds. The van der Waals surface area contributed by atoms with Gasteiger partial charge in [-0.3, -0.25) is 19.4 Å². The summed E-state index contributed by atoms with van der Waals surface area (Å²) in [7, 11) is 1.74. The molecule has 0 saturated heterocycles. The lowest BCUT2D eigenvalue weighted by Gasteiger charge is -2.11. The zero-order valence-electron chi connectivity index (χ0n) is 15.8. The van der Waals surface area contributed by atoms with Crippen LogP contribution in [0.3, 0.4) is 0 Å². The van der Waals surface area contributed by atoms with Crippen LogP contribution in [-0.2, 0) is 24.8 Å². The van der Waals surface area contributed by atoms with Crippen LogP contribution in [0.5, 0.6) is 0 Å². The number of aromatic nitrogens is 3. The van der Waals surface area contributed by atoms with Crippen LogP contribution in [0.4, 0.5) is 0 Å². The number of rotatable bonds is 4. The number of nitrogens with one attached hydrogen (secondary N) is 2. The number of amides is 1. The summed E-state index contributed by atoms with van der Waals surface area (Å²) < 4.78 is 1.59. The first kappa shape index (κ1) is 18.4. The van der Waals surface area contributed by atoms with E-state index >= 15 is 0 Å². The van der Waals surface area contributed by atoms with Crippen molar-refractivity contribution in [1.29, 1.82) is 5.26 Å². The molecule has 3 rings (SSSR count). The Labute approximate surface area is 156 Å². The molecule has 7 nitrogen and oxygen atoms in total. The highest BCUT2D eigenvalue weighted by Gasteiger charge is 2.17. The molecule has 2 aromatic heterocycles. The lowest BCUT2D eigenvalue weighted by Crippen LogP contribution is -2.25. The summed E-state index contributed by atoms with van der Waals surface area (Å²) >= 11 is 0. The largest absolute Gasteiger partial charge is 0.352 e. The molecular weight excluding hydrogens is 342 g/mol. The molecule has 27 heavy (non-hydrogen) atoms. The van der Waals surface area contributed by atoms with Crippen LogP contribution in [0.15, 0.2) is 23.0 Å². The van der Waals surface area contributed by atoms with E-state index in [4.69, 9.17) is 5.26 Å². The third kappa shape index (κ3) is 3.47. The number of pyridine rings is 1. The van der Waals surface area contributed by atoms with Crippen molar-refractivity contribution in [3.8, 4) is 6.07 Å². The zero-order chi connectivity index (χ0) is 19.7. The second kappa shape index (κ2) is 7.08. The molecule has 3 aromatic rings. The lowest BCUT2D eigenvalue weighted by atomic mass is 10.0. The third-order valence-corrected chi connectivity index (χ3v) is 4.83. The van der Waals surface area contributed by atoms with E-state index in [0.717, 1.165) is 27.9 Å². The number of nitrogens with zero attached hydrogens (tertiary/aromatic N) is 3. The number of aryl methyl sites for hydroxylation is 4. The van der Waals surface area contributed by atoms with Crippen molar-refractivity contribution >= 4 is 16.9 Å². The van der Waals surface area contributed by atoms with Crippen LogP contribution in [0.25, 0.3) is 11.0 Å². The first-order valence-electron chi connectivity index (χ1n) is 8.63. The van der Waals surface area contributed by atoms with E-state index in [0.29, 0.717) is 23.1 Å². The summed E-state index contributed by atoms with van der Waals surface area (Å²) in [6, 6.07) is 7.69. The van der Waals surface area contributed by atoms with Crippen molar-refractivity contribution in [2.24, 2.45) is 7.05 Å². The quantitative estimate of drug-likeness (QED) is 0.739. The van der Waals surface area contributed by atoms with Crippen LogP contribution in [0.1, 0.15) is 33.5 Å².